The molecule has 102 valence electrons. The van der Waals surface area contributed by atoms with Crippen LogP contribution in [-0.4, -0.2) is 22.2 Å². The zero-order valence-corrected chi connectivity index (χ0v) is 10.7. The van der Waals surface area contributed by atoms with Crippen molar-refractivity contribution in [3.8, 4) is 17.3 Å². The second-order valence-corrected chi connectivity index (χ2v) is 4.22. The fourth-order valence-electron chi connectivity index (χ4n) is 1.95. The summed E-state index contributed by atoms with van der Waals surface area (Å²) in [4.78, 5) is 19.1. The molecule has 2 N–H and O–H groups in total. The lowest BCUT2D eigenvalue weighted by Gasteiger charge is -2.03. The zero-order valence-electron chi connectivity index (χ0n) is 10.7. The minimum Gasteiger partial charge on any atom is -0.497 e. The summed E-state index contributed by atoms with van der Waals surface area (Å²) in [5.74, 6) is 1.74. The molecule has 0 fully saturated rings. The van der Waals surface area contributed by atoms with Crippen LogP contribution in [0.1, 0.15) is 5.76 Å². The minimum atomic E-state index is -0.272. The van der Waals surface area contributed by atoms with Gasteiger partial charge in [-0.3, -0.25) is 4.79 Å². The van der Waals surface area contributed by atoms with Crippen LogP contribution in [0.3, 0.4) is 0 Å². The number of fused-ring (bicyclic) bond motifs is 1. The van der Waals surface area contributed by atoms with Gasteiger partial charge in [0.15, 0.2) is 11.6 Å². The van der Waals surface area contributed by atoms with Gasteiger partial charge in [-0.1, -0.05) is 0 Å². The van der Waals surface area contributed by atoms with Gasteiger partial charge in [0.2, 0.25) is 0 Å². The van der Waals surface area contributed by atoms with Crippen molar-refractivity contribution < 1.29 is 14.3 Å². The number of ether oxygens (including phenoxy) is 1. The molecule has 0 saturated carbocycles. The van der Waals surface area contributed by atoms with Crippen LogP contribution >= 0.6 is 0 Å². The van der Waals surface area contributed by atoms with Crippen molar-refractivity contribution >= 4 is 10.9 Å². The minimum absolute atomic E-state index is 0.199. The maximum absolute atomic E-state index is 12.1. The summed E-state index contributed by atoms with van der Waals surface area (Å²) in [7, 11) is 1.54. The van der Waals surface area contributed by atoms with E-state index in [-0.39, 0.29) is 12.2 Å². The molecule has 2 heterocycles. The maximum atomic E-state index is 12.1. The van der Waals surface area contributed by atoms with E-state index in [4.69, 9.17) is 14.3 Å². The molecule has 3 rings (SSSR count). The zero-order chi connectivity index (χ0) is 14.1. The second-order valence-electron chi connectivity index (χ2n) is 4.22. The molecule has 20 heavy (non-hydrogen) atoms. The Labute approximate surface area is 113 Å². The van der Waals surface area contributed by atoms with E-state index in [0.29, 0.717) is 34.0 Å². The first-order valence-corrected chi connectivity index (χ1v) is 5.99. The summed E-state index contributed by atoms with van der Waals surface area (Å²) in [5, 5.41) is 9.43. The summed E-state index contributed by atoms with van der Waals surface area (Å²) in [6.45, 7) is -0.199. The van der Waals surface area contributed by atoms with Gasteiger partial charge in [0.25, 0.3) is 5.56 Å². The first-order chi connectivity index (χ1) is 9.71. The van der Waals surface area contributed by atoms with Gasteiger partial charge >= 0.3 is 0 Å². The molecule has 0 amide bonds. The first kappa shape index (κ1) is 12.4. The summed E-state index contributed by atoms with van der Waals surface area (Å²) < 4.78 is 10.4. The summed E-state index contributed by atoms with van der Waals surface area (Å²) in [5.41, 5.74) is 0.275. The summed E-state index contributed by atoms with van der Waals surface area (Å²) in [6.07, 6.45) is 0. The number of aromatic nitrogens is 2. The summed E-state index contributed by atoms with van der Waals surface area (Å²) in [6, 6.07) is 8.36. The van der Waals surface area contributed by atoms with Crippen molar-refractivity contribution in [2.45, 2.75) is 6.61 Å². The maximum Gasteiger partial charge on any atom is 0.259 e. The first-order valence-electron chi connectivity index (χ1n) is 5.99. The van der Waals surface area contributed by atoms with Crippen LogP contribution in [0, 0.1) is 0 Å². The van der Waals surface area contributed by atoms with Gasteiger partial charge in [-0.15, -0.1) is 0 Å². The molecule has 0 saturated heterocycles. The Bertz CT molecular complexity index is 819. The molecule has 0 aliphatic rings. The average Bonchev–Trinajstić information content (AvgIpc) is 2.96. The number of nitrogens with zero attached hydrogens (tertiary/aromatic N) is 1. The third-order valence-corrected chi connectivity index (χ3v) is 2.96. The molecule has 3 aromatic rings. The van der Waals surface area contributed by atoms with Crippen LogP contribution in [0.25, 0.3) is 22.5 Å². The van der Waals surface area contributed by atoms with Gasteiger partial charge in [0.1, 0.15) is 18.1 Å². The van der Waals surface area contributed by atoms with E-state index in [0.717, 1.165) is 0 Å². The number of hydrogen-bond acceptors (Lipinski definition) is 5. The van der Waals surface area contributed by atoms with Gasteiger partial charge in [-0.25, -0.2) is 4.98 Å². The third-order valence-electron chi connectivity index (χ3n) is 2.96. The quantitative estimate of drug-likeness (QED) is 0.757. The van der Waals surface area contributed by atoms with Crippen molar-refractivity contribution in [1.82, 2.24) is 9.97 Å². The van der Waals surface area contributed by atoms with Crippen LogP contribution < -0.4 is 10.3 Å². The fourth-order valence-corrected chi connectivity index (χ4v) is 1.95. The number of H-pyrrole nitrogens is 1. The van der Waals surface area contributed by atoms with Crippen LogP contribution in [0.2, 0.25) is 0 Å². The van der Waals surface area contributed by atoms with Crippen molar-refractivity contribution in [2.75, 3.05) is 7.11 Å². The van der Waals surface area contributed by atoms with E-state index in [9.17, 15) is 4.79 Å². The number of rotatable bonds is 3. The largest absolute Gasteiger partial charge is 0.497 e. The lowest BCUT2D eigenvalue weighted by Crippen LogP contribution is -2.09. The Morgan fingerprint density at radius 2 is 2.20 bits per heavy atom. The molecular formula is C14H12N2O4. The van der Waals surface area contributed by atoms with E-state index in [1.165, 1.54) is 7.11 Å². The number of methoxy groups -OCH3 is 1. The molecule has 0 spiro atoms. The lowest BCUT2D eigenvalue weighted by molar-refractivity contribution is 0.248. The Morgan fingerprint density at radius 3 is 2.90 bits per heavy atom. The highest BCUT2D eigenvalue weighted by atomic mass is 16.5. The Hall–Kier alpha value is -2.60. The number of aliphatic hydroxyl groups is 1. The molecule has 6 nitrogen and oxygen atoms in total. The third kappa shape index (κ3) is 2.06. The monoisotopic (exact) mass is 272 g/mol. The van der Waals surface area contributed by atoms with Crippen molar-refractivity contribution in [3.63, 3.8) is 0 Å². The van der Waals surface area contributed by atoms with Gasteiger partial charge < -0.3 is 19.2 Å². The van der Waals surface area contributed by atoms with Gasteiger partial charge in [-0.05, 0) is 30.3 Å². The predicted octanol–water partition coefficient (Wildman–Crippen LogP) is 1.68. The molecule has 0 aliphatic carbocycles. The Kier molecular flexibility index (Phi) is 3.00. The highest BCUT2D eigenvalue weighted by Crippen LogP contribution is 2.21. The van der Waals surface area contributed by atoms with Crippen LogP contribution in [0.4, 0.5) is 0 Å². The van der Waals surface area contributed by atoms with E-state index in [1.807, 2.05) is 0 Å². The van der Waals surface area contributed by atoms with Crippen molar-refractivity contribution in [2.24, 2.45) is 0 Å². The van der Waals surface area contributed by atoms with Crippen molar-refractivity contribution in [3.05, 3.63) is 46.4 Å². The normalized spacial score (nSPS) is 10.9. The molecule has 2 aromatic heterocycles. The van der Waals surface area contributed by atoms with E-state index < -0.39 is 0 Å². The number of aliphatic hydroxyl groups excluding tert-OH is 1. The Morgan fingerprint density at radius 1 is 1.35 bits per heavy atom. The average molecular weight is 272 g/mol. The predicted molar refractivity (Wildman–Crippen MR) is 72.5 cm³/mol. The van der Waals surface area contributed by atoms with Crippen LogP contribution in [-0.2, 0) is 6.61 Å². The second kappa shape index (κ2) is 4.82. The topological polar surface area (TPSA) is 88.3 Å². The van der Waals surface area contributed by atoms with E-state index in [2.05, 4.69) is 9.97 Å². The van der Waals surface area contributed by atoms with Gasteiger partial charge in [0.05, 0.1) is 18.0 Å². The van der Waals surface area contributed by atoms with E-state index in [1.54, 1.807) is 30.3 Å². The molecule has 0 aliphatic heterocycles. The van der Waals surface area contributed by atoms with Gasteiger partial charge in [0, 0.05) is 0 Å². The number of aromatic amines is 1. The number of hydrogen-bond donors (Lipinski definition) is 2. The highest BCUT2D eigenvalue weighted by molar-refractivity contribution is 5.80. The molecule has 6 heteroatoms. The number of furan rings is 1. The molecule has 0 atom stereocenters. The number of nitrogens with one attached hydrogen (secondary N) is 1. The standard InChI is InChI=1S/C14H12N2O4/c1-19-8-2-4-11-10(6-8)14(18)16-13(15-11)12-5-3-9(7-17)20-12/h2-6,17H,7H2,1H3,(H,15,16,18). The van der Waals surface area contributed by atoms with Gasteiger partial charge in [-0.2, -0.15) is 0 Å². The SMILES string of the molecule is COc1ccc2nc(-c3ccc(CO)o3)[nH]c(=O)c2c1. The molecule has 0 bridgehead atoms. The molecule has 0 unspecified atom stereocenters. The van der Waals surface area contributed by atoms with Crippen LogP contribution in [0.15, 0.2) is 39.5 Å². The lowest BCUT2D eigenvalue weighted by atomic mass is 10.2. The number of benzene rings is 1. The van der Waals surface area contributed by atoms with Crippen molar-refractivity contribution in [1.29, 1.82) is 0 Å². The smallest absolute Gasteiger partial charge is 0.259 e. The molecule has 0 radical (unpaired) electrons. The summed E-state index contributed by atoms with van der Waals surface area (Å²) >= 11 is 0. The molecular weight excluding hydrogens is 260 g/mol. The van der Waals surface area contributed by atoms with Crippen LogP contribution in [0.5, 0.6) is 5.75 Å². The molecule has 1 aromatic carbocycles. The van der Waals surface area contributed by atoms with E-state index >= 15 is 0 Å². The fraction of sp³-hybridized carbons (Fsp3) is 0.143. The highest BCUT2D eigenvalue weighted by Gasteiger charge is 2.10. The Balaban J connectivity index is 2.16.